The van der Waals surface area contributed by atoms with Crippen molar-refractivity contribution in [1.82, 2.24) is 15.1 Å². The summed E-state index contributed by atoms with van der Waals surface area (Å²) in [6.45, 7) is 3.34. The normalized spacial score (nSPS) is 22.7. The van der Waals surface area contributed by atoms with Gasteiger partial charge in [0, 0.05) is 13.2 Å². The molecule has 0 radical (unpaired) electrons. The minimum atomic E-state index is -4.65. The molecule has 3 rings (SSSR count). The van der Waals surface area contributed by atoms with Gasteiger partial charge in [0.25, 0.3) is 5.56 Å². The number of hydrogen-bond acceptors (Lipinski definition) is 4. The van der Waals surface area contributed by atoms with Crippen molar-refractivity contribution in [2.75, 3.05) is 19.7 Å². The minimum Gasteiger partial charge on any atom is -0.550 e. The molecule has 0 amide bonds. The molecule has 5 nitrogen and oxygen atoms in total. The molecule has 1 fully saturated rings. The van der Waals surface area contributed by atoms with Crippen molar-refractivity contribution in [3.63, 3.8) is 0 Å². The van der Waals surface area contributed by atoms with Crippen LogP contribution in [0.5, 0.6) is 0 Å². The van der Waals surface area contributed by atoms with Crippen LogP contribution in [0.15, 0.2) is 4.79 Å². The summed E-state index contributed by atoms with van der Waals surface area (Å²) in [6.07, 6.45) is -3.88. The molecule has 1 saturated heterocycles. The van der Waals surface area contributed by atoms with E-state index in [4.69, 9.17) is 4.74 Å². The second kappa shape index (κ2) is 6.88. The zero-order valence-corrected chi connectivity index (χ0v) is 16.5. The molecule has 1 aliphatic carbocycles. The number of aromatic amines is 1. The van der Waals surface area contributed by atoms with Crippen LogP contribution >= 0.6 is 0 Å². The van der Waals surface area contributed by atoms with Gasteiger partial charge in [-0.25, -0.2) is 5.10 Å². The maximum atomic E-state index is 13.0. The number of nitrogens with zero attached hydrogens (tertiary/aromatic N) is 2. The van der Waals surface area contributed by atoms with Gasteiger partial charge < -0.3 is 9.64 Å². The van der Waals surface area contributed by atoms with E-state index in [1.165, 1.54) is 0 Å². The van der Waals surface area contributed by atoms with Gasteiger partial charge >= 0.3 is 64.4 Å². The Bertz CT molecular complexity index is 570. The van der Waals surface area contributed by atoms with Crippen LogP contribution in [0.4, 0.5) is 13.2 Å². The zero-order valence-electron chi connectivity index (χ0n) is 11.5. The number of H-pyrrole nitrogens is 1. The maximum absolute atomic E-state index is 13.0. The summed E-state index contributed by atoms with van der Waals surface area (Å²) < 4.78 is 44.1. The number of aromatic nitrogens is 2. The van der Waals surface area contributed by atoms with Crippen LogP contribution in [0.1, 0.15) is 29.3 Å². The Morgan fingerprint density at radius 1 is 1.43 bits per heavy atom. The van der Waals surface area contributed by atoms with E-state index in [0.717, 1.165) is 0 Å². The number of fused-ring (bicyclic) bond motifs is 1. The summed E-state index contributed by atoms with van der Waals surface area (Å²) in [5.41, 5.74) is -1.88. The smallest absolute Gasteiger partial charge is 0.550 e. The molecule has 1 aromatic rings. The van der Waals surface area contributed by atoms with Gasteiger partial charge in [-0.3, -0.25) is 4.79 Å². The van der Waals surface area contributed by atoms with Gasteiger partial charge in [0.2, 0.25) is 0 Å². The molecular formula is C12H13F3N3O2Rb. The number of ether oxygens (including phenoxy) is 1. The fourth-order valence-electron chi connectivity index (χ4n) is 2.88. The standard InChI is InChI=1S/C12H13F3N3O2.Rb/c13-12(14,15)9-7-1-2-8(10(7)16-17-11(9)19)18-3-5-20-6-4-18;/h5,8H,1-4,6H2,(H,17,19);/q-1;+1. The molecule has 1 atom stereocenters. The molecule has 0 saturated carbocycles. The van der Waals surface area contributed by atoms with Gasteiger partial charge in [0.05, 0.1) is 11.7 Å². The first-order valence-corrected chi connectivity index (χ1v) is 6.34. The molecule has 1 N–H and O–H groups in total. The van der Waals surface area contributed by atoms with E-state index in [2.05, 4.69) is 5.10 Å². The number of hydrogen-bond donors (Lipinski definition) is 1. The third kappa shape index (κ3) is 3.50. The molecule has 9 heteroatoms. The Labute approximate surface area is 168 Å². The molecule has 2 heterocycles. The molecule has 2 aliphatic rings. The van der Waals surface area contributed by atoms with Gasteiger partial charge in [-0.1, -0.05) is 0 Å². The van der Waals surface area contributed by atoms with E-state index in [-0.39, 0.29) is 76.2 Å². The third-order valence-corrected chi connectivity index (χ3v) is 3.75. The summed E-state index contributed by atoms with van der Waals surface area (Å²) in [7, 11) is 0. The Morgan fingerprint density at radius 3 is 2.81 bits per heavy atom. The second-order valence-corrected chi connectivity index (χ2v) is 4.88. The number of alkyl halides is 3. The van der Waals surface area contributed by atoms with Crippen LogP contribution in [-0.2, 0) is 17.3 Å². The minimum absolute atomic E-state index is 0. The fraction of sp³-hybridized carbons (Fsp3) is 0.583. The van der Waals surface area contributed by atoms with Gasteiger partial charge in [-0.15, -0.1) is 6.54 Å². The molecule has 1 unspecified atom stereocenters. The molecule has 0 spiro atoms. The fourth-order valence-corrected chi connectivity index (χ4v) is 2.88. The number of rotatable bonds is 1. The van der Waals surface area contributed by atoms with Crippen LogP contribution in [0, 0.1) is 6.61 Å². The number of nitrogens with one attached hydrogen (secondary N) is 1. The average Bonchev–Trinajstić information content (AvgIpc) is 2.81. The van der Waals surface area contributed by atoms with Crippen LogP contribution < -0.4 is 63.7 Å². The van der Waals surface area contributed by atoms with Gasteiger partial charge in [0.1, 0.15) is 5.56 Å². The van der Waals surface area contributed by atoms with E-state index in [0.29, 0.717) is 31.8 Å². The van der Waals surface area contributed by atoms with Gasteiger partial charge in [-0.2, -0.15) is 24.9 Å². The largest absolute Gasteiger partial charge is 1.00 e. The predicted octanol–water partition coefficient (Wildman–Crippen LogP) is -1.73. The third-order valence-electron chi connectivity index (χ3n) is 3.75. The summed E-state index contributed by atoms with van der Waals surface area (Å²) in [4.78, 5) is 13.4. The molecule has 0 aromatic carbocycles. The van der Waals surface area contributed by atoms with Crippen molar-refractivity contribution in [1.29, 1.82) is 0 Å². The first-order valence-electron chi connectivity index (χ1n) is 6.34. The van der Waals surface area contributed by atoms with Crippen molar-refractivity contribution in [2.24, 2.45) is 0 Å². The summed E-state index contributed by atoms with van der Waals surface area (Å²) in [6, 6.07) is -0.192. The molecule has 110 valence electrons. The SMILES string of the molecule is O=c1[nH]nc2c(c1C(F)(F)F)CCC2N1C[CH-]OCC1.[Rb+]. The Morgan fingerprint density at radius 2 is 2.19 bits per heavy atom. The van der Waals surface area contributed by atoms with E-state index < -0.39 is 17.3 Å². The van der Waals surface area contributed by atoms with Crippen LogP contribution in [0.3, 0.4) is 0 Å². The first-order chi connectivity index (χ1) is 9.48. The van der Waals surface area contributed by atoms with Crippen LogP contribution in [-0.4, -0.2) is 34.8 Å². The van der Waals surface area contributed by atoms with Crippen molar-refractivity contribution in [2.45, 2.75) is 25.1 Å². The Kier molecular flexibility index (Phi) is 5.81. The van der Waals surface area contributed by atoms with E-state index in [1.54, 1.807) is 6.61 Å². The average molecular weight is 374 g/mol. The summed E-state index contributed by atoms with van der Waals surface area (Å²) in [5.74, 6) is 0. The zero-order chi connectivity index (χ0) is 14.3. The van der Waals surface area contributed by atoms with Gasteiger partial charge in [0.15, 0.2) is 0 Å². The summed E-state index contributed by atoms with van der Waals surface area (Å²) >= 11 is 0. The van der Waals surface area contributed by atoms with Crippen molar-refractivity contribution >= 4 is 0 Å². The monoisotopic (exact) mass is 373 g/mol. The van der Waals surface area contributed by atoms with Crippen molar-refractivity contribution < 1.29 is 76.1 Å². The molecular weight excluding hydrogens is 361 g/mol. The first kappa shape index (κ1) is 17.7. The van der Waals surface area contributed by atoms with E-state index >= 15 is 0 Å². The summed E-state index contributed by atoms with van der Waals surface area (Å²) in [5, 5.41) is 5.84. The van der Waals surface area contributed by atoms with Crippen molar-refractivity contribution in [3.8, 4) is 0 Å². The van der Waals surface area contributed by atoms with Gasteiger partial charge in [-0.05, 0) is 18.4 Å². The van der Waals surface area contributed by atoms with E-state index in [1.807, 2.05) is 10.00 Å². The van der Waals surface area contributed by atoms with Crippen molar-refractivity contribution in [3.05, 3.63) is 33.8 Å². The Balaban J connectivity index is 0.00000161. The van der Waals surface area contributed by atoms with E-state index in [9.17, 15) is 18.0 Å². The molecule has 0 bridgehead atoms. The quantitative estimate of drug-likeness (QED) is 0.595. The number of halogens is 3. The topological polar surface area (TPSA) is 58.2 Å². The maximum Gasteiger partial charge on any atom is 1.00 e. The second-order valence-electron chi connectivity index (χ2n) is 4.88. The molecule has 1 aromatic heterocycles. The van der Waals surface area contributed by atoms with Crippen LogP contribution in [0.2, 0.25) is 0 Å². The Hall–Kier alpha value is 0.395. The number of morpholine rings is 1. The molecule has 1 aliphatic heterocycles. The predicted molar refractivity (Wildman–Crippen MR) is 62.7 cm³/mol. The molecule has 21 heavy (non-hydrogen) atoms. The van der Waals surface area contributed by atoms with Crippen LogP contribution in [0.25, 0.3) is 0 Å².